The Labute approximate surface area is 234 Å². The topological polar surface area (TPSA) is 78.1 Å². The largest absolute Gasteiger partial charge is 0.496 e. The van der Waals surface area contributed by atoms with E-state index in [0.29, 0.717) is 22.9 Å². The first-order valence-corrected chi connectivity index (χ1v) is 14.4. The van der Waals surface area contributed by atoms with Gasteiger partial charge in [-0.05, 0) is 18.1 Å². The van der Waals surface area contributed by atoms with Crippen LogP contribution >= 0.6 is 0 Å². The number of ether oxygens (including phenoxy) is 3. The summed E-state index contributed by atoms with van der Waals surface area (Å²) in [7, 11) is 4.68. The fraction of sp³-hybridized carbons (Fsp3) is 0.531. The van der Waals surface area contributed by atoms with Crippen molar-refractivity contribution in [1.29, 1.82) is 0 Å². The average molecular weight is 539 g/mol. The van der Waals surface area contributed by atoms with E-state index in [2.05, 4.69) is 17.7 Å². The van der Waals surface area contributed by atoms with Gasteiger partial charge in [-0.3, -0.25) is 15.1 Å². The van der Waals surface area contributed by atoms with Gasteiger partial charge >= 0.3 is 0 Å². The van der Waals surface area contributed by atoms with Crippen molar-refractivity contribution in [2.45, 2.75) is 89.1 Å². The number of unbranched alkanes of at least 4 members (excludes halogenated alkanes) is 9. The minimum absolute atomic E-state index is 0.205. The molecule has 1 heterocycles. The number of hydrogen-bond acceptors (Lipinski definition) is 6. The van der Waals surface area contributed by atoms with E-state index in [1.807, 2.05) is 36.4 Å². The Morgan fingerprint density at radius 1 is 0.872 bits per heavy atom. The smallest absolute Gasteiger partial charge is 0.235 e. The molecule has 39 heavy (non-hydrogen) atoms. The zero-order valence-corrected chi connectivity index (χ0v) is 24.1. The molecule has 3 rings (SSSR count). The highest BCUT2D eigenvalue weighted by atomic mass is 16.7. The summed E-state index contributed by atoms with van der Waals surface area (Å²) in [5.74, 6) is 0.681. The van der Waals surface area contributed by atoms with Crippen LogP contribution in [0.3, 0.4) is 0 Å². The quantitative estimate of drug-likeness (QED) is 0.191. The van der Waals surface area contributed by atoms with Crippen molar-refractivity contribution in [2.24, 2.45) is 0 Å². The van der Waals surface area contributed by atoms with Gasteiger partial charge in [-0.15, -0.1) is 0 Å². The highest BCUT2D eigenvalue weighted by Gasteiger charge is 2.46. The summed E-state index contributed by atoms with van der Waals surface area (Å²) in [5.41, 5.74) is 3.41. The van der Waals surface area contributed by atoms with Gasteiger partial charge in [0.15, 0.2) is 0 Å². The number of nitrogens with one attached hydrogen (secondary N) is 2. The number of rotatable bonds is 18. The maximum Gasteiger partial charge on any atom is 0.235 e. The van der Waals surface area contributed by atoms with Crippen molar-refractivity contribution in [3.05, 3.63) is 60.3 Å². The van der Waals surface area contributed by atoms with Crippen LogP contribution in [0.15, 0.2) is 54.7 Å². The lowest BCUT2D eigenvalue weighted by molar-refractivity contribution is -0.127. The van der Waals surface area contributed by atoms with Gasteiger partial charge in [0.05, 0.1) is 27.2 Å². The van der Waals surface area contributed by atoms with Crippen molar-refractivity contribution >= 4 is 11.6 Å². The molecule has 0 saturated heterocycles. The summed E-state index contributed by atoms with van der Waals surface area (Å²) in [6.07, 6.45) is 17.0. The SMILES string of the molecule is CCCCCCCCCCCCC1(C(C(=O)Nc2c(OC)cc(OC)cc2OC)c2ccccc2)C=CNO1. The van der Waals surface area contributed by atoms with Crippen LogP contribution in [-0.4, -0.2) is 32.8 Å². The lowest BCUT2D eigenvalue weighted by Gasteiger charge is -2.34. The number of anilines is 1. The third-order valence-corrected chi connectivity index (χ3v) is 7.45. The lowest BCUT2D eigenvalue weighted by atomic mass is 9.78. The normalized spacial score (nSPS) is 16.9. The number of methoxy groups -OCH3 is 3. The van der Waals surface area contributed by atoms with Crippen LogP contribution in [0.5, 0.6) is 17.2 Å². The predicted molar refractivity (Wildman–Crippen MR) is 156 cm³/mol. The number of hydroxylamine groups is 1. The summed E-state index contributed by atoms with van der Waals surface area (Å²) in [6, 6.07) is 13.2. The minimum Gasteiger partial charge on any atom is -0.496 e. The second-order valence-electron chi connectivity index (χ2n) is 10.2. The summed E-state index contributed by atoms with van der Waals surface area (Å²) in [5, 5.41) is 3.09. The molecule has 2 unspecified atom stereocenters. The Kier molecular flexibility index (Phi) is 12.5. The van der Waals surface area contributed by atoms with E-state index < -0.39 is 11.5 Å². The Morgan fingerprint density at radius 3 is 1.97 bits per heavy atom. The highest BCUT2D eigenvalue weighted by molar-refractivity contribution is 5.99. The summed E-state index contributed by atoms with van der Waals surface area (Å²) < 4.78 is 16.5. The van der Waals surface area contributed by atoms with E-state index in [4.69, 9.17) is 19.0 Å². The van der Waals surface area contributed by atoms with E-state index in [9.17, 15) is 4.79 Å². The van der Waals surface area contributed by atoms with Crippen molar-refractivity contribution in [1.82, 2.24) is 5.48 Å². The second kappa shape index (κ2) is 16.0. The van der Waals surface area contributed by atoms with Gasteiger partial charge in [-0.25, -0.2) is 0 Å². The van der Waals surface area contributed by atoms with E-state index in [0.717, 1.165) is 24.8 Å². The molecule has 0 aliphatic carbocycles. The predicted octanol–water partition coefficient (Wildman–Crippen LogP) is 7.53. The molecule has 2 atom stereocenters. The first kappa shape index (κ1) is 30.4. The van der Waals surface area contributed by atoms with Crippen molar-refractivity contribution in [3.63, 3.8) is 0 Å². The fourth-order valence-electron chi connectivity index (χ4n) is 5.30. The molecule has 2 aromatic carbocycles. The molecule has 0 bridgehead atoms. The third kappa shape index (κ3) is 8.40. The van der Waals surface area contributed by atoms with Gasteiger partial charge in [0.25, 0.3) is 0 Å². The van der Waals surface area contributed by atoms with Gasteiger partial charge in [-0.1, -0.05) is 101 Å². The van der Waals surface area contributed by atoms with Crippen LogP contribution in [-0.2, 0) is 9.63 Å². The van der Waals surface area contributed by atoms with Crippen molar-refractivity contribution < 1.29 is 23.8 Å². The third-order valence-electron chi connectivity index (χ3n) is 7.45. The maximum atomic E-state index is 14.1. The number of hydrogen-bond donors (Lipinski definition) is 2. The molecule has 7 nitrogen and oxygen atoms in total. The van der Waals surface area contributed by atoms with Gasteiger partial charge in [-0.2, -0.15) is 0 Å². The molecule has 0 spiro atoms. The van der Waals surface area contributed by atoms with Crippen molar-refractivity contribution in [2.75, 3.05) is 26.6 Å². The number of amides is 1. The summed E-state index contributed by atoms with van der Waals surface area (Å²) >= 11 is 0. The molecule has 214 valence electrons. The summed E-state index contributed by atoms with van der Waals surface area (Å²) in [4.78, 5) is 20.2. The lowest BCUT2D eigenvalue weighted by Crippen LogP contribution is -2.43. The zero-order valence-electron chi connectivity index (χ0n) is 24.1. The molecular weight excluding hydrogens is 492 g/mol. The van der Waals surface area contributed by atoms with E-state index in [1.54, 1.807) is 39.7 Å². The molecule has 1 aliphatic heterocycles. The molecule has 7 heteroatoms. The van der Waals surface area contributed by atoms with Gasteiger partial charge in [0.1, 0.15) is 28.5 Å². The van der Waals surface area contributed by atoms with E-state index in [1.165, 1.54) is 51.4 Å². The van der Waals surface area contributed by atoms with Crippen LogP contribution in [0.1, 0.15) is 89.0 Å². The van der Waals surface area contributed by atoms with Crippen LogP contribution in [0, 0.1) is 0 Å². The number of benzene rings is 2. The number of carbonyl (C=O) groups excluding carboxylic acids is 1. The zero-order chi connectivity index (χ0) is 27.9. The molecule has 0 radical (unpaired) electrons. The second-order valence-corrected chi connectivity index (χ2v) is 10.2. The van der Waals surface area contributed by atoms with Crippen LogP contribution in [0.25, 0.3) is 0 Å². The first-order valence-electron chi connectivity index (χ1n) is 14.4. The molecule has 1 aliphatic rings. The monoisotopic (exact) mass is 538 g/mol. The maximum absolute atomic E-state index is 14.1. The minimum atomic E-state index is -0.821. The standard InChI is InChI=1S/C32H46N2O5/c1-5-6-7-8-9-10-11-12-13-17-20-32(21-22-33-39-32)29(25-18-15-14-16-19-25)31(35)34-30-27(37-3)23-26(36-2)24-28(30)38-4/h14-16,18-19,21-24,29,33H,5-13,17,20H2,1-4H3,(H,34,35). The highest BCUT2D eigenvalue weighted by Crippen LogP contribution is 2.43. The fourth-order valence-corrected chi connectivity index (χ4v) is 5.30. The van der Waals surface area contributed by atoms with Crippen LogP contribution < -0.4 is 25.0 Å². The van der Waals surface area contributed by atoms with Gasteiger partial charge in [0.2, 0.25) is 5.91 Å². The number of carbonyl (C=O) groups is 1. The molecule has 0 fully saturated rings. The Bertz CT molecular complexity index is 1020. The van der Waals surface area contributed by atoms with Crippen LogP contribution in [0.2, 0.25) is 0 Å². The van der Waals surface area contributed by atoms with Gasteiger partial charge in [0, 0.05) is 18.3 Å². The summed E-state index contributed by atoms with van der Waals surface area (Å²) in [6.45, 7) is 2.25. The molecular formula is C32H46N2O5. The van der Waals surface area contributed by atoms with E-state index in [-0.39, 0.29) is 5.91 Å². The Hall–Kier alpha value is -3.19. The van der Waals surface area contributed by atoms with Crippen molar-refractivity contribution in [3.8, 4) is 17.2 Å². The van der Waals surface area contributed by atoms with Gasteiger partial charge < -0.3 is 19.5 Å². The van der Waals surface area contributed by atoms with Crippen LogP contribution in [0.4, 0.5) is 5.69 Å². The first-order chi connectivity index (χ1) is 19.1. The molecule has 2 aromatic rings. The molecule has 1 amide bonds. The Balaban J connectivity index is 1.74. The average Bonchev–Trinajstić information content (AvgIpc) is 3.44. The Morgan fingerprint density at radius 2 is 1.46 bits per heavy atom. The molecule has 2 N–H and O–H groups in total. The molecule has 0 aromatic heterocycles. The van der Waals surface area contributed by atoms with E-state index >= 15 is 0 Å². The molecule has 0 saturated carbocycles.